The molecule has 0 heterocycles. The molecular weight excluding hydrogens is 204 g/mol. The number of carbonyl (C=O) groups excluding carboxylic acids is 1. The van der Waals surface area contributed by atoms with Crippen molar-refractivity contribution in [3.63, 3.8) is 0 Å². The standard InChI is InChI=1S/C12H18N2O2/c1-2-3-9-14(12(13)15)16-10-11-7-5-4-6-8-11/h4-8H,2-3,9-10H2,1H3,(H2,13,15). The molecule has 0 aromatic heterocycles. The van der Waals surface area contributed by atoms with Crippen molar-refractivity contribution in [2.45, 2.75) is 26.4 Å². The molecule has 0 aliphatic heterocycles. The van der Waals surface area contributed by atoms with Gasteiger partial charge >= 0.3 is 6.03 Å². The summed E-state index contributed by atoms with van der Waals surface area (Å²) in [5.41, 5.74) is 6.22. The van der Waals surface area contributed by atoms with E-state index in [2.05, 4.69) is 6.92 Å². The molecule has 4 heteroatoms. The van der Waals surface area contributed by atoms with Gasteiger partial charge in [0.1, 0.15) is 6.61 Å². The number of carbonyl (C=O) groups is 1. The van der Waals surface area contributed by atoms with Crippen LogP contribution in [0, 0.1) is 0 Å². The van der Waals surface area contributed by atoms with Crippen molar-refractivity contribution in [3.05, 3.63) is 35.9 Å². The molecule has 0 unspecified atom stereocenters. The first-order chi connectivity index (χ1) is 7.74. The molecule has 0 aliphatic carbocycles. The first-order valence-corrected chi connectivity index (χ1v) is 5.48. The van der Waals surface area contributed by atoms with Crippen LogP contribution >= 0.6 is 0 Å². The van der Waals surface area contributed by atoms with Crippen molar-refractivity contribution in [1.82, 2.24) is 5.06 Å². The molecule has 0 saturated carbocycles. The summed E-state index contributed by atoms with van der Waals surface area (Å²) in [4.78, 5) is 16.4. The first kappa shape index (κ1) is 12.5. The molecule has 1 rings (SSSR count). The van der Waals surface area contributed by atoms with Crippen LogP contribution in [0.3, 0.4) is 0 Å². The van der Waals surface area contributed by atoms with Gasteiger partial charge in [-0.3, -0.25) is 4.84 Å². The first-order valence-electron chi connectivity index (χ1n) is 5.48. The van der Waals surface area contributed by atoms with E-state index >= 15 is 0 Å². The fraction of sp³-hybridized carbons (Fsp3) is 0.417. The van der Waals surface area contributed by atoms with Gasteiger partial charge in [0.2, 0.25) is 0 Å². The molecule has 4 nitrogen and oxygen atoms in total. The van der Waals surface area contributed by atoms with Crippen molar-refractivity contribution >= 4 is 6.03 Å². The minimum Gasteiger partial charge on any atom is -0.350 e. The fourth-order valence-corrected chi connectivity index (χ4v) is 1.27. The fourth-order valence-electron chi connectivity index (χ4n) is 1.27. The maximum Gasteiger partial charge on any atom is 0.338 e. The molecule has 88 valence electrons. The zero-order valence-electron chi connectivity index (χ0n) is 9.56. The highest BCUT2D eigenvalue weighted by Gasteiger charge is 2.09. The van der Waals surface area contributed by atoms with E-state index in [1.54, 1.807) is 0 Å². The van der Waals surface area contributed by atoms with Crippen LogP contribution in [0.1, 0.15) is 25.3 Å². The highest BCUT2D eigenvalue weighted by atomic mass is 16.7. The van der Waals surface area contributed by atoms with Crippen molar-refractivity contribution in [2.24, 2.45) is 5.73 Å². The monoisotopic (exact) mass is 222 g/mol. The molecule has 2 amide bonds. The lowest BCUT2D eigenvalue weighted by molar-refractivity contribution is -0.126. The van der Waals surface area contributed by atoms with Crippen molar-refractivity contribution in [3.8, 4) is 0 Å². The molecule has 0 saturated heterocycles. The van der Waals surface area contributed by atoms with E-state index in [0.717, 1.165) is 18.4 Å². The Labute approximate surface area is 95.9 Å². The number of hydrogen-bond acceptors (Lipinski definition) is 2. The summed E-state index contributed by atoms with van der Waals surface area (Å²) in [5, 5.41) is 1.22. The van der Waals surface area contributed by atoms with Crippen LogP contribution in [0.25, 0.3) is 0 Å². The van der Waals surface area contributed by atoms with Gasteiger partial charge in [-0.05, 0) is 12.0 Å². The number of urea groups is 1. The Kier molecular flexibility index (Phi) is 5.36. The molecular formula is C12H18N2O2. The topological polar surface area (TPSA) is 55.6 Å². The summed E-state index contributed by atoms with van der Waals surface area (Å²) >= 11 is 0. The average Bonchev–Trinajstić information content (AvgIpc) is 2.30. The molecule has 0 aliphatic rings. The number of amides is 2. The van der Waals surface area contributed by atoms with Gasteiger partial charge in [-0.2, -0.15) is 0 Å². The number of nitrogens with zero attached hydrogens (tertiary/aromatic N) is 1. The number of benzene rings is 1. The third-order valence-corrected chi connectivity index (χ3v) is 2.19. The van der Waals surface area contributed by atoms with E-state index in [4.69, 9.17) is 10.6 Å². The summed E-state index contributed by atoms with van der Waals surface area (Å²) in [6, 6.07) is 9.15. The molecule has 2 N–H and O–H groups in total. The minimum atomic E-state index is -0.538. The van der Waals surface area contributed by atoms with Crippen LogP contribution < -0.4 is 5.73 Å². The van der Waals surface area contributed by atoms with Crippen molar-refractivity contribution < 1.29 is 9.63 Å². The summed E-state index contributed by atoms with van der Waals surface area (Å²) in [5.74, 6) is 0. The molecule has 0 bridgehead atoms. The Balaban J connectivity index is 2.41. The summed E-state index contributed by atoms with van der Waals surface area (Å²) < 4.78 is 0. The smallest absolute Gasteiger partial charge is 0.338 e. The molecule has 0 fully saturated rings. The Hall–Kier alpha value is -1.55. The highest BCUT2D eigenvalue weighted by molar-refractivity contribution is 5.70. The van der Waals surface area contributed by atoms with Gasteiger partial charge in [0, 0.05) is 0 Å². The number of unbranched alkanes of at least 4 members (excludes halogenated alkanes) is 1. The number of hydrogen-bond donors (Lipinski definition) is 1. The average molecular weight is 222 g/mol. The molecule has 0 radical (unpaired) electrons. The van der Waals surface area contributed by atoms with Crippen molar-refractivity contribution in [2.75, 3.05) is 6.54 Å². The number of nitrogens with two attached hydrogens (primary N) is 1. The van der Waals surface area contributed by atoms with Crippen LogP contribution in [0.4, 0.5) is 4.79 Å². The lowest BCUT2D eigenvalue weighted by Crippen LogP contribution is -2.36. The van der Waals surface area contributed by atoms with E-state index in [9.17, 15) is 4.79 Å². The second kappa shape index (κ2) is 6.85. The van der Waals surface area contributed by atoms with Crippen LogP contribution in [0.2, 0.25) is 0 Å². The van der Waals surface area contributed by atoms with E-state index in [0.29, 0.717) is 13.2 Å². The maximum absolute atomic E-state index is 11.0. The predicted molar refractivity (Wildman–Crippen MR) is 62.4 cm³/mol. The minimum absolute atomic E-state index is 0.369. The van der Waals surface area contributed by atoms with Gasteiger partial charge in [-0.15, -0.1) is 0 Å². The quantitative estimate of drug-likeness (QED) is 0.751. The number of hydroxylamine groups is 2. The zero-order chi connectivity index (χ0) is 11.8. The van der Waals surface area contributed by atoms with E-state index in [1.807, 2.05) is 30.3 Å². The molecule has 1 aromatic carbocycles. The predicted octanol–water partition coefficient (Wildman–Crippen LogP) is 2.30. The summed E-state index contributed by atoms with van der Waals surface area (Å²) in [6.07, 6.45) is 1.89. The van der Waals surface area contributed by atoms with Crippen LogP contribution in [0.15, 0.2) is 30.3 Å². The third-order valence-electron chi connectivity index (χ3n) is 2.19. The van der Waals surface area contributed by atoms with Gasteiger partial charge in [0.25, 0.3) is 0 Å². The zero-order valence-corrected chi connectivity index (χ0v) is 9.56. The molecule has 0 atom stereocenters. The Morgan fingerprint density at radius 1 is 1.38 bits per heavy atom. The Bertz CT molecular complexity index is 314. The number of primary amides is 1. The van der Waals surface area contributed by atoms with Crippen LogP contribution in [-0.2, 0) is 11.4 Å². The lowest BCUT2D eigenvalue weighted by atomic mass is 10.2. The van der Waals surface area contributed by atoms with Crippen LogP contribution in [0.5, 0.6) is 0 Å². The summed E-state index contributed by atoms with van der Waals surface area (Å²) in [6.45, 7) is 2.96. The van der Waals surface area contributed by atoms with E-state index in [-0.39, 0.29) is 0 Å². The van der Waals surface area contributed by atoms with Crippen molar-refractivity contribution in [1.29, 1.82) is 0 Å². The summed E-state index contributed by atoms with van der Waals surface area (Å²) in [7, 11) is 0. The Morgan fingerprint density at radius 2 is 2.06 bits per heavy atom. The molecule has 16 heavy (non-hydrogen) atoms. The highest BCUT2D eigenvalue weighted by Crippen LogP contribution is 2.04. The molecule has 0 spiro atoms. The van der Waals surface area contributed by atoms with Gasteiger partial charge in [0.05, 0.1) is 6.54 Å². The maximum atomic E-state index is 11.0. The van der Waals surface area contributed by atoms with Gasteiger partial charge in [0.15, 0.2) is 0 Å². The van der Waals surface area contributed by atoms with Gasteiger partial charge in [-0.1, -0.05) is 43.7 Å². The van der Waals surface area contributed by atoms with E-state index in [1.165, 1.54) is 5.06 Å². The lowest BCUT2D eigenvalue weighted by Gasteiger charge is -2.19. The second-order valence-electron chi connectivity index (χ2n) is 3.55. The van der Waals surface area contributed by atoms with Gasteiger partial charge < -0.3 is 5.73 Å². The second-order valence-corrected chi connectivity index (χ2v) is 3.55. The van der Waals surface area contributed by atoms with Crippen LogP contribution in [-0.4, -0.2) is 17.6 Å². The Morgan fingerprint density at radius 3 is 2.62 bits per heavy atom. The SMILES string of the molecule is CCCCN(OCc1ccccc1)C(N)=O. The third kappa shape index (κ3) is 4.31. The largest absolute Gasteiger partial charge is 0.350 e. The van der Waals surface area contributed by atoms with Gasteiger partial charge in [-0.25, -0.2) is 9.86 Å². The molecule has 1 aromatic rings. The number of rotatable bonds is 6. The normalized spacial score (nSPS) is 10.1. The van der Waals surface area contributed by atoms with E-state index < -0.39 is 6.03 Å².